The number of methoxy groups -OCH3 is 1. The lowest BCUT2D eigenvalue weighted by Gasteiger charge is -2.04. The second-order valence-electron chi connectivity index (χ2n) is 1.73. The second-order valence-corrected chi connectivity index (χ2v) is 1.73. The molecule has 0 aromatic carbocycles. The summed E-state index contributed by atoms with van der Waals surface area (Å²) in [4.78, 5) is 20.4. The van der Waals surface area contributed by atoms with Gasteiger partial charge in [0.05, 0.1) is 13.5 Å². The summed E-state index contributed by atoms with van der Waals surface area (Å²) >= 11 is 0. The van der Waals surface area contributed by atoms with Crippen molar-refractivity contribution in [3.63, 3.8) is 0 Å². The van der Waals surface area contributed by atoms with Crippen LogP contribution in [0.3, 0.4) is 0 Å². The van der Waals surface area contributed by atoms with Crippen LogP contribution >= 0.6 is 0 Å². The maximum atomic E-state index is 10.4. The Bertz CT molecular complexity index is 147. The van der Waals surface area contributed by atoms with Crippen LogP contribution in [0.4, 0.5) is 0 Å². The maximum absolute atomic E-state index is 10.4. The third kappa shape index (κ3) is 5.31. The van der Waals surface area contributed by atoms with Gasteiger partial charge in [0, 0.05) is 0 Å². The molecule has 0 amide bonds. The molecule has 11 heavy (non-hydrogen) atoms. The number of aliphatic carboxylic acids is 1. The van der Waals surface area contributed by atoms with Crippen LogP contribution in [0.1, 0.15) is 6.42 Å². The van der Waals surface area contributed by atoms with Gasteiger partial charge in [0.15, 0.2) is 0 Å². The van der Waals surface area contributed by atoms with Gasteiger partial charge in [-0.2, -0.15) is 0 Å². The molecule has 1 atom stereocenters. The number of carbonyl (C=O) groups is 2. The fourth-order valence-electron chi connectivity index (χ4n) is 0.423. The minimum Gasteiger partial charge on any atom is -0.481 e. The molecule has 0 aromatic rings. The average Bonchev–Trinajstić information content (AvgIpc) is 1.85. The zero-order chi connectivity index (χ0) is 8.15. The first kappa shape index (κ1) is 12.5. The molecule has 0 fully saturated rings. The second kappa shape index (κ2) is 5.63. The van der Waals surface area contributed by atoms with Gasteiger partial charge in [0.1, 0.15) is 6.04 Å². The summed E-state index contributed by atoms with van der Waals surface area (Å²) in [5.41, 5.74) is 5.07. The van der Waals surface area contributed by atoms with Gasteiger partial charge in [-0.15, -0.1) is 0 Å². The molecule has 0 saturated heterocycles. The molecule has 0 aliphatic rings. The van der Waals surface area contributed by atoms with Crippen molar-refractivity contribution in [1.82, 2.24) is 6.15 Å². The molecule has 0 aliphatic heterocycles. The monoisotopic (exact) mass is 164 g/mol. The predicted molar refractivity (Wildman–Crippen MR) is 37.3 cm³/mol. The fraction of sp³-hybridized carbons (Fsp3) is 0.600. The summed E-state index contributed by atoms with van der Waals surface area (Å²) in [6.45, 7) is 0. The van der Waals surface area contributed by atoms with E-state index in [1.165, 1.54) is 0 Å². The molecule has 6 heteroatoms. The van der Waals surface area contributed by atoms with Crippen molar-refractivity contribution in [1.29, 1.82) is 0 Å². The Hall–Kier alpha value is -1.14. The molecule has 0 spiro atoms. The molecule has 0 radical (unpaired) electrons. The first-order valence-corrected chi connectivity index (χ1v) is 2.63. The third-order valence-electron chi connectivity index (χ3n) is 0.898. The van der Waals surface area contributed by atoms with Crippen molar-refractivity contribution in [2.45, 2.75) is 12.5 Å². The predicted octanol–water partition coefficient (Wildman–Crippen LogP) is -0.877. The van der Waals surface area contributed by atoms with Crippen LogP contribution in [-0.2, 0) is 14.3 Å². The highest BCUT2D eigenvalue weighted by molar-refractivity contribution is 5.81. The summed E-state index contributed by atoms with van der Waals surface area (Å²) in [5, 5.41) is 8.14. The summed E-state index contributed by atoms with van der Waals surface area (Å²) < 4.78 is 4.19. The molecule has 66 valence electrons. The number of esters is 1. The number of hydrogen-bond donors (Lipinski definition) is 3. The topological polar surface area (TPSA) is 125 Å². The lowest BCUT2D eigenvalue weighted by Crippen LogP contribution is -2.33. The molecule has 0 bridgehead atoms. The van der Waals surface area contributed by atoms with E-state index in [4.69, 9.17) is 10.8 Å². The minimum absolute atomic E-state index is 0. The van der Waals surface area contributed by atoms with Crippen molar-refractivity contribution in [2.24, 2.45) is 5.73 Å². The van der Waals surface area contributed by atoms with Gasteiger partial charge in [-0.25, -0.2) is 0 Å². The van der Waals surface area contributed by atoms with E-state index in [-0.39, 0.29) is 6.15 Å². The Kier molecular flexibility index (Phi) is 6.41. The number of carboxylic acids is 1. The molecule has 0 aromatic heterocycles. The van der Waals surface area contributed by atoms with Gasteiger partial charge < -0.3 is 21.7 Å². The van der Waals surface area contributed by atoms with Gasteiger partial charge in [0.25, 0.3) is 0 Å². The van der Waals surface area contributed by atoms with Gasteiger partial charge >= 0.3 is 11.9 Å². The average molecular weight is 164 g/mol. The van der Waals surface area contributed by atoms with Crippen molar-refractivity contribution in [3.8, 4) is 0 Å². The van der Waals surface area contributed by atoms with Crippen LogP contribution in [0.2, 0.25) is 0 Å². The van der Waals surface area contributed by atoms with Crippen LogP contribution in [-0.4, -0.2) is 30.2 Å². The van der Waals surface area contributed by atoms with Gasteiger partial charge in [-0.05, 0) is 0 Å². The van der Waals surface area contributed by atoms with Gasteiger partial charge in [-0.1, -0.05) is 0 Å². The number of hydrogen-bond acceptors (Lipinski definition) is 5. The van der Waals surface area contributed by atoms with E-state index < -0.39 is 24.4 Å². The smallest absolute Gasteiger partial charge is 0.323 e. The Morgan fingerprint density at radius 1 is 1.64 bits per heavy atom. The molecule has 6 nitrogen and oxygen atoms in total. The highest BCUT2D eigenvalue weighted by Gasteiger charge is 2.16. The molecule has 0 heterocycles. The Morgan fingerprint density at radius 2 is 2.09 bits per heavy atom. The van der Waals surface area contributed by atoms with Crippen LogP contribution in [0.25, 0.3) is 0 Å². The minimum atomic E-state index is -1.11. The largest absolute Gasteiger partial charge is 0.481 e. The van der Waals surface area contributed by atoms with Crippen molar-refractivity contribution in [2.75, 3.05) is 7.11 Å². The van der Waals surface area contributed by atoms with Crippen LogP contribution in [0.5, 0.6) is 0 Å². The Morgan fingerprint density at radius 3 is 2.36 bits per heavy atom. The quantitative estimate of drug-likeness (QED) is 0.465. The van der Waals surface area contributed by atoms with E-state index in [1.54, 1.807) is 0 Å². The van der Waals surface area contributed by atoms with E-state index in [2.05, 4.69) is 4.74 Å². The SMILES string of the molecule is COC(=O)C(N)CC(=O)O.N. The van der Waals surface area contributed by atoms with Crippen LogP contribution in [0.15, 0.2) is 0 Å². The fourth-order valence-corrected chi connectivity index (χ4v) is 0.423. The number of carbonyl (C=O) groups excluding carboxylic acids is 1. The van der Waals surface area contributed by atoms with E-state index in [9.17, 15) is 9.59 Å². The lowest BCUT2D eigenvalue weighted by atomic mass is 10.2. The van der Waals surface area contributed by atoms with Crippen LogP contribution in [0, 0.1) is 0 Å². The molecule has 0 aliphatic carbocycles. The summed E-state index contributed by atoms with van der Waals surface area (Å²) in [7, 11) is 1.16. The zero-order valence-electron chi connectivity index (χ0n) is 6.24. The number of ether oxygens (including phenoxy) is 1. The van der Waals surface area contributed by atoms with Gasteiger partial charge in [0.2, 0.25) is 0 Å². The normalized spacial score (nSPS) is 11.1. The Labute approximate surface area is 63.9 Å². The maximum Gasteiger partial charge on any atom is 0.323 e. The molecule has 1 unspecified atom stereocenters. The standard InChI is InChI=1S/C5H9NO4.H3N/c1-10-5(9)3(6)2-4(7)8;/h3H,2,6H2,1H3,(H,7,8);1H3. The third-order valence-corrected chi connectivity index (χ3v) is 0.898. The van der Waals surface area contributed by atoms with E-state index in [1.807, 2.05) is 0 Å². The van der Waals surface area contributed by atoms with Gasteiger partial charge in [-0.3, -0.25) is 9.59 Å². The summed E-state index contributed by atoms with van der Waals surface area (Å²) in [6, 6.07) is -1.05. The van der Waals surface area contributed by atoms with Crippen LogP contribution < -0.4 is 11.9 Å². The van der Waals surface area contributed by atoms with E-state index in [0.29, 0.717) is 0 Å². The first-order chi connectivity index (χ1) is 4.57. The first-order valence-electron chi connectivity index (χ1n) is 2.63. The van der Waals surface area contributed by atoms with Crippen molar-refractivity contribution >= 4 is 11.9 Å². The molecule has 0 saturated carbocycles. The summed E-state index contributed by atoms with van der Waals surface area (Å²) in [5.74, 6) is -1.82. The number of rotatable bonds is 3. The lowest BCUT2D eigenvalue weighted by molar-refractivity contribution is -0.147. The molecule has 6 N–H and O–H groups in total. The Balaban J connectivity index is 0. The highest BCUT2D eigenvalue weighted by Crippen LogP contribution is 1.89. The molecule has 0 rings (SSSR count). The van der Waals surface area contributed by atoms with Crippen molar-refractivity contribution < 1.29 is 19.4 Å². The zero-order valence-corrected chi connectivity index (χ0v) is 6.24. The van der Waals surface area contributed by atoms with E-state index in [0.717, 1.165) is 7.11 Å². The van der Waals surface area contributed by atoms with E-state index >= 15 is 0 Å². The summed E-state index contributed by atoms with van der Waals surface area (Å²) in [6.07, 6.45) is -0.396. The molecular formula is C5H12N2O4. The number of nitrogens with two attached hydrogens (primary N) is 1. The molecular weight excluding hydrogens is 152 g/mol. The number of carboxylic acid groups (broad SMARTS) is 1. The van der Waals surface area contributed by atoms with Crippen molar-refractivity contribution in [3.05, 3.63) is 0 Å². The highest BCUT2D eigenvalue weighted by atomic mass is 16.5.